The van der Waals surface area contributed by atoms with Crippen LogP contribution in [0.2, 0.25) is 0 Å². The van der Waals surface area contributed by atoms with E-state index in [-0.39, 0.29) is 0 Å². The Labute approximate surface area is 115 Å². The number of hydrogen-bond donors (Lipinski definition) is 2. The molecule has 3 rings (SSSR count). The standard InChI is InChI=1S/C13H17N3O2S/c1-6-7(2)19-13-11(6)12(14-8(3)15-13)16-4-9(17)10(18)5-16/h9-10,17-18H,4-5H2,1-3H3. The first kappa shape index (κ1) is 12.8. The molecule has 1 aliphatic heterocycles. The highest BCUT2D eigenvalue weighted by Gasteiger charge is 2.32. The lowest BCUT2D eigenvalue weighted by Crippen LogP contribution is -2.23. The number of β-amino-alcohol motifs (C(OH)–C–C–N with tert-alkyl or cyclic N) is 2. The monoisotopic (exact) mass is 279 g/mol. The average Bonchev–Trinajstić information content (AvgIpc) is 2.81. The maximum Gasteiger partial charge on any atom is 0.141 e. The minimum absolute atomic E-state index is 0.418. The van der Waals surface area contributed by atoms with Crippen molar-refractivity contribution in [2.45, 2.75) is 33.0 Å². The predicted molar refractivity (Wildman–Crippen MR) is 75.9 cm³/mol. The van der Waals surface area contributed by atoms with Crippen LogP contribution in [0, 0.1) is 20.8 Å². The molecule has 1 aliphatic rings. The van der Waals surface area contributed by atoms with Crippen LogP contribution in [-0.2, 0) is 0 Å². The van der Waals surface area contributed by atoms with Gasteiger partial charge in [-0.2, -0.15) is 0 Å². The van der Waals surface area contributed by atoms with E-state index in [1.165, 1.54) is 10.4 Å². The summed E-state index contributed by atoms with van der Waals surface area (Å²) in [4.78, 5) is 13.2. The van der Waals surface area contributed by atoms with Crippen molar-refractivity contribution < 1.29 is 10.2 Å². The van der Waals surface area contributed by atoms with Gasteiger partial charge in [-0.1, -0.05) is 0 Å². The van der Waals surface area contributed by atoms with Gasteiger partial charge < -0.3 is 15.1 Å². The van der Waals surface area contributed by atoms with E-state index in [1.54, 1.807) is 11.3 Å². The van der Waals surface area contributed by atoms with Gasteiger partial charge in [0.25, 0.3) is 0 Å². The molecule has 0 saturated carbocycles. The molecule has 3 heterocycles. The van der Waals surface area contributed by atoms with Crippen molar-refractivity contribution >= 4 is 27.4 Å². The molecular formula is C13H17N3O2S. The summed E-state index contributed by atoms with van der Waals surface area (Å²) >= 11 is 1.66. The lowest BCUT2D eigenvalue weighted by atomic mass is 10.2. The predicted octanol–water partition coefficient (Wildman–Crippen LogP) is 1.16. The van der Waals surface area contributed by atoms with E-state index in [0.29, 0.717) is 13.1 Å². The van der Waals surface area contributed by atoms with Gasteiger partial charge in [0, 0.05) is 18.0 Å². The second-order valence-electron chi connectivity index (χ2n) is 5.10. The molecule has 2 unspecified atom stereocenters. The average molecular weight is 279 g/mol. The van der Waals surface area contributed by atoms with E-state index in [9.17, 15) is 10.2 Å². The summed E-state index contributed by atoms with van der Waals surface area (Å²) in [6.07, 6.45) is -1.41. The van der Waals surface area contributed by atoms with E-state index in [0.717, 1.165) is 21.9 Å². The second-order valence-corrected chi connectivity index (χ2v) is 6.30. The van der Waals surface area contributed by atoms with Crippen molar-refractivity contribution in [3.05, 3.63) is 16.3 Å². The van der Waals surface area contributed by atoms with Crippen molar-refractivity contribution in [2.75, 3.05) is 18.0 Å². The number of rotatable bonds is 1. The number of aromatic nitrogens is 2. The first-order valence-electron chi connectivity index (χ1n) is 6.32. The number of hydrogen-bond acceptors (Lipinski definition) is 6. The summed E-state index contributed by atoms with van der Waals surface area (Å²) < 4.78 is 0. The summed E-state index contributed by atoms with van der Waals surface area (Å²) in [5, 5.41) is 20.5. The fourth-order valence-corrected chi connectivity index (χ4v) is 3.57. The van der Waals surface area contributed by atoms with Crippen molar-refractivity contribution in [3.63, 3.8) is 0 Å². The highest BCUT2D eigenvalue weighted by atomic mass is 32.1. The molecule has 102 valence electrons. The minimum Gasteiger partial charge on any atom is -0.389 e. The van der Waals surface area contributed by atoms with Gasteiger partial charge >= 0.3 is 0 Å². The minimum atomic E-state index is -0.703. The Morgan fingerprint density at radius 2 is 1.74 bits per heavy atom. The van der Waals surface area contributed by atoms with Crippen molar-refractivity contribution in [1.82, 2.24) is 9.97 Å². The quantitative estimate of drug-likeness (QED) is 0.820. The Hall–Kier alpha value is -1.24. The lowest BCUT2D eigenvalue weighted by Gasteiger charge is -2.18. The Kier molecular flexibility index (Phi) is 2.96. The molecule has 1 saturated heterocycles. The van der Waals surface area contributed by atoms with Crippen LogP contribution >= 0.6 is 11.3 Å². The molecule has 19 heavy (non-hydrogen) atoms. The van der Waals surface area contributed by atoms with Crippen LogP contribution in [0.3, 0.4) is 0 Å². The van der Waals surface area contributed by atoms with Crippen LogP contribution in [0.5, 0.6) is 0 Å². The van der Waals surface area contributed by atoms with Gasteiger partial charge in [0.15, 0.2) is 0 Å². The fraction of sp³-hybridized carbons (Fsp3) is 0.538. The Balaban J connectivity index is 2.17. The van der Waals surface area contributed by atoms with Crippen molar-refractivity contribution in [2.24, 2.45) is 0 Å². The van der Waals surface area contributed by atoms with Gasteiger partial charge in [-0.15, -0.1) is 11.3 Å². The summed E-state index contributed by atoms with van der Waals surface area (Å²) in [5.74, 6) is 1.56. The van der Waals surface area contributed by atoms with Gasteiger partial charge in [0.2, 0.25) is 0 Å². The third kappa shape index (κ3) is 2.00. The molecule has 1 fully saturated rings. The molecule has 6 heteroatoms. The Bertz CT molecular complexity index is 630. The van der Waals surface area contributed by atoms with Crippen LogP contribution < -0.4 is 4.90 Å². The number of aryl methyl sites for hydroxylation is 3. The van der Waals surface area contributed by atoms with E-state index in [1.807, 2.05) is 11.8 Å². The number of anilines is 1. The number of aliphatic hydroxyl groups excluding tert-OH is 2. The molecule has 0 bridgehead atoms. The highest BCUT2D eigenvalue weighted by molar-refractivity contribution is 7.18. The SMILES string of the molecule is Cc1nc(N2CC(O)C(O)C2)c2c(C)c(C)sc2n1. The number of aliphatic hydroxyl groups is 2. The third-order valence-corrected chi connectivity index (χ3v) is 4.78. The highest BCUT2D eigenvalue weighted by Crippen LogP contribution is 2.35. The molecule has 2 aromatic heterocycles. The molecule has 0 amide bonds. The molecule has 0 aliphatic carbocycles. The molecule has 2 N–H and O–H groups in total. The van der Waals surface area contributed by atoms with E-state index in [2.05, 4.69) is 23.8 Å². The lowest BCUT2D eigenvalue weighted by molar-refractivity contribution is 0.0572. The zero-order valence-electron chi connectivity index (χ0n) is 11.2. The van der Waals surface area contributed by atoms with Crippen LogP contribution in [0.15, 0.2) is 0 Å². The normalized spacial score (nSPS) is 23.5. The molecule has 0 spiro atoms. The van der Waals surface area contributed by atoms with Gasteiger partial charge in [0.05, 0.1) is 17.6 Å². The number of nitrogens with zero attached hydrogens (tertiary/aromatic N) is 3. The van der Waals surface area contributed by atoms with E-state index < -0.39 is 12.2 Å². The zero-order valence-corrected chi connectivity index (χ0v) is 12.0. The Morgan fingerprint density at radius 3 is 2.37 bits per heavy atom. The molecular weight excluding hydrogens is 262 g/mol. The summed E-state index contributed by atoms with van der Waals surface area (Å²) in [7, 11) is 0. The maximum absolute atomic E-state index is 9.71. The summed E-state index contributed by atoms with van der Waals surface area (Å²) in [6, 6.07) is 0. The molecule has 2 aromatic rings. The smallest absolute Gasteiger partial charge is 0.141 e. The topological polar surface area (TPSA) is 69.5 Å². The van der Waals surface area contributed by atoms with Crippen LogP contribution in [0.25, 0.3) is 10.2 Å². The molecule has 0 aromatic carbocycles. The third-order valence-electron chi connectivity index (χ3n) is 3.68. The van der Waals surface area contributed by atoms with Crippen molar-refractivity contribution in [1.29, 1.82) is 0 Å². The van der Waals surface area contributed by atoms with Gasteiger partial charge in [-0.05, 0) is 26.3 Å². The zero-order chi connectivity index (χ0) is 13.7. The summed E-state index contributed by atoms with van der Waals surface area (Å²) in [5.41, 5.74) is 1.19. The van der Waals surface area contributed by atoms with Gasteiger partial charge in [-0.25, -0.2) is 9.97 Å². The first-order chi connectivity index (χ1) is 8.97. The van der Waals surface area contributed by atoms with Gasteiger partial charge in [0.1, 0.15) is 16.5 Å². The molecule has 0 radical (unpaired) electrons. The second kappa shape index (κ2) is 4.40. The Morgan fingerprint density at radius 1 is 1.11 bits per heavy atom. The van der Waals surface area contributed by atoms with Crippen LogP contribution in [0.4, 0.5) is 5.82 Å². The number of fused-ring (bicyclic) bond motifs is 1. The molecule has 2 atom stereocenters. The van der Waals surface area contributed by atoms with Gasteiger partial charge in [-0.3, -0.25) is 0 Å². The van der Waals surface area contributed by atoms with E-state index in [4.69, 9.17) is 0 Å². The first-order valence-corrected chi connectivity index (χ1v) is 7.14. The largest absolute Gasteiger partial charge is 0.389 e. The van der Waals surface area contributed by atoms with E-state index >= 15 is 0 Å². The van der Waals surface area contributed by atoms with Crippen LogP contribution in [0.1, 0.15) is 16.3 Å². The fourth-order valence-electron chi connectivity index (χ4n) is 2.50. The maximum atomic E-state index is 9.71. The molecule has 5 nitrogen and oxygen atoms in total. The van der Waals surface area contributed by atoms with Crippen LogP contribution in [-0.4, -0.2) is 45.5 Å². The number of thiophene rings is 1. The summed E-state index contributed by atoms with van der Waals surface area (Å²) in [6.45, 7) is 6.85. The van der Waals surface area contributed by atoms with Crippen molar-refractivity contribution in [3.8, 4) is 0 Å².